The molecular weight excluding hydrogens is 512 g/mol. The monoisotopic (exact) mass is 558 g/mol. The molecule has 9 heteroatoms. The zero-order valence-electron chi connectivity index (χ0n) is 23.3. The van der Waals surface area contributed by atoms with E-state index < -0.39 is 22.9 Å². The Bertz CT molecular complexity index is 1060. The Morgan fingerprint density at radius 1 is 1.03 bits per heavy atom. The second-order valence-corrected chi connectivity index (χ2v) is 13.4. The van der Waals surface area contributed by atoms with Crippen molar-refractivity contribution in [3.8, 4) is 0 Å². The van der Waals surface area contributed by atoms with E-state index in [2.05, 4.69) is 16.0 Å². The molecule has 1 aliphatic carbocycles. The standard InChI is InChI=1S/C30H46N4O4S/c1-22(2)32-26-18-24(19-27(20-26)34-15-9-10-16-39(34,37)38)30(36)33-28(17-23-11-5-3-6-12-23)29(35)21-31-25-13-7-4-8-14-25/h3,5-6,11-12,18-20,22,25,28-29,31-32,35,37-38H,4,7-10,13-17,21H2,1-2H3,(H,33,36)/t28-,29+/m0/s1. The van der Waals surface area contributed by atoms with Crippen LogP contribution in [0.25, 0.3) is 0 Å². The van der Waals surface area contributed by atoms with E-state index in [4.69, 9.17) is 0 Å². The molecule has 2 aliphatic rings. The average Bonchev–Trinajstić information content (AvgIpc) is 2.91. The number of nitrogens with one attached hydrogen (secondary N) is 3. The molecule has 1 aliphatic heterocycles. The number of hydrogen-bond acceptors (Lipinski definition) is 7. The molecule has 0 aromatic heterocycles. The zero-order valence-corrected chi connectivity index (χ0v) is 24.1. The van der Waals surface area contributed by atoms with Gasteiger partial charge in [-0.05, 0) is 69.7 Å². The van der Waals surface area contributed by atoms with Gasteiger partial charge in [0.15, 0.2) is 0 Å². The molecule has 2 aromatic carbocycles. The van der Waals surface area contributed by atoms with Crippen molar-refractivity contribution in [2.45, 2.75) is 89.4 Å². The van der Waals surface area contributed by atoms with E-state index >= 15 is 0 Å². The minimum absolute atomic E-state index is 0.136. The van der Waals surface area contributed by atoms with E-state index in [0.717, 1.165) is 36.9 Å². The van der Waals surface area contributed by atoms with Crippen LogP contribution in [0.1, 0.15) is 74.7 Å². The predicted molar refractivity (Wildman–Crippen MR) is 162 cm³/mol. The van der Waals surface area contributed by atoms with Gasteiger partial charge in [0.05, 0.1) is 23.6 Å². The zero-order chi connectivity index (χ0) is 27.8. The number of aliphatic hydroxyl groups is 1. The fourth-order valence-corrected chi connectivity index (χ4v) is 7.22. The fourth-order valence-electron chi connectivity index (χ4n) is 5.55. The van der Waals surface area contributed by atoms with Gasteiger partial charge in [0.2, 0.25) is 0 Å². The Morgan fingerprint density at radius 2 is 1.77 bits per heavy atom. The minimum Gasteiger partial charge on any atom is -0.390 e. The first-order valence-electron chi connectivity index (χ1n) is 14.4. The molecular formula is C30H46N4O4S. The van der Waals surface area contributed by atoms with Gasteiger partial charge in [-0.3, -0.25) is 18.2 Å². The fraction of sp³-hybridized carbons (Fsp3) is 0.567. The maximum atomic E-state index is 13.7. The lowest BCUT2D eigenvalue weighted by molar-refractivity contribution is 0.0821. The number of aliphatic hydroxyl groups excluding tert-OH is 1. The number of carbonyl (C=O) groups excluding carboxylic acids is 1. The third-order valence-corrected chi connectivity index (χ3v) is 9.54. The molecule has 0 spiro atoms. The molecule has 1 amide bonds. The molecule has 2 fully saturated rings. The quantitative estimate of drug-likeness (QED) is 0.219. The van der Waals surface area contributed by atoms with Gasteiger partial charge >= 0.3 is 0 Å². The van der Waals surface area contributed by atoms with Crippen LogP contribution >= 0.6 is 10.8 Å². The van der Waals surface area contributed by atoms with Gasteiger partial charge in [-0.25, -0.2) is 0 Å². The molecule has 216 valence electrons. The largest absolute Gasteiger partial charge is 0.390 e. The number of benzene rings is 2. The van der Waals surface area contributed by atoms with Crippen molar-refractivity contribution >= 4 is 28.1 Å². The molecule has 39 heavy (non-hydrogen) atoms. The van der Waals surface area contributed by atoms with E-state index in [1.807, 2.05) is 50.2 Å². The topological polar surface area (TPSA) is 117 Å². The van der Waals surface area contributed by atoms with Crippen LogP contribution in [0.2, 0.25) is 0 Å². The Morgan fingerprint density at radius 3 is 2.46 bits per heavy atom. The summed E-state index contributed by atoms with van der Waals surface area (Å²) in [5.74, 6) is 0.0326. The van der Waals surface area contributed by atoms with Gasteiger partial charge in [-0.15, -0.1) is 10.8 Å². The van der Waals surface area contributed by atoms with Crippen molar-refractivity contribution in [3.05, 3.63) is 59.7 Å². The third kappa shape index (κ3) is 8.59. The van der Waals surface area contributed by atoms with Gasteiger partial charge in [-0.2, -0.15) is 0 Å². The normalized spacial score (nSPS) is 20.3. The lowest BCUT2D eigenvalue weighted by atomic mass is 9.95. The summed E-state index contributed by atoms with van der Waals surface area (Å²) in [6.07, 6.45) is 7.30. The maximum Gasteiger partial charge on any atom is 0.251 e. The summed E-state index contributed by atoms with van der Waals surface area (Å²) in [6.45, 7) is 4.98. The lowest BCUT2D eigenvalue weighted by Gasteiger charge is -2.47. The van der Waals surface area contributed by atoms with Crippen LogP contribution in [0.5, 0.6) is 0 Å². The molecule has 1 saturated carbocycles. The maximum absolute atomic E-state index is 13.7. The molecule has 0 radical (unpaired) electrons. The number of amides is 1. The van der Waals surface area contributed by atoms with Crippen molar-refractivity contribution in [2.75, 3.05) is 28.5 Å². The smallest absolute Gasteiger partial charge is 0.251 e. The summed E-state index contributed by atoms with van der Waals surface area (Å²) < 4.78 is 23.1. The highest BCUT2D eigenvalue weighted by Crippen LogP contribution is 2.50. The van der Waals surface area contributed by atoms with Gasteiger partial charge in [0.1, 0.15) is 0 Å². The van der Waals surface area contributed by atoms with Gasteiger partial charge in [0, 0.05) is 36.4 Å². The number of nitrogens with zero attached hydrogens (tertiary/aromatic N) is 1. The summed E-state index contributed by atoms with van der Waals surface area (Å²) >= 11 is 0. The van der Waals surface area contributed by atoms with Crippen LogP contribution in [-0.4, -0.2) is 63.2 Å². The van der Waals surface area contributed by atoms with Gasteiger partial charge in [-0.1, -0.05) is 49.6 Å². The molecule has 2 aromatic rings. The Labute approximate surface area is 235 Å². The van der Waals surface area contributed by atoms with Crippen molar-refractivity contribution in [1.82, 2.24) is 10.6 Å². The second-order valence-electron chi connectivity index (χ2n) is 11.3. The molecule has 1 heterocycles. The van der Waals surface area contributed by atoms with Crippen LogP contribution in [0, 0.1) is 0 Å². The molecule has 2 atom stereocenters. The predicted octanol–water partition coefficient (Wildman–Crippen LogP) is 5.40. The van der Waals surface area contributed by atoms with E-state index in [0.29, 0.717) is 42.6 Å². The Hall–Kier alpha value is -2.30. The summed E-state index contributed by atoms with van der Waals surface area (Å²) in [6, 6.07) is 15.3. The first kappa shape index (κ1) is 29.7. The van der Waals surface area contributed by atoms with Crippen LogP contribution in [-0.2, 0) is 6.42 Å². The van der Waals surface area contributed by atoms with E-state index in [1.165, 1.54) is 19.3 Å². The molecule has 6 N–H and O–H groups in total. The first-order valence-corrected chi connectivity index (χ1v) is 16.1. The van der Waals surface area contributed by atoms with Crippen molar-refractivity contribution in [1.29, 1.82) is 0 Å². The van der Waals surface area contributed by atoms with Crippen molar-refractivity contribution in [3.63, 3.8) is 0 Å². The summed E-state index contributed by atoms with van der Waals surface area (Å²) in [5.41, 5.74) is 2.82. The highest BCUT2D eigenvalue weighted by Gasteiger charge is 2.29. The molecule has 8 nitrogen and oxygen atoms in total. The second kappa shape index (κ2) is 13.9. The number of carbonyl (C=O) groups is 1. The first-order chi connectivity index (χ1) is 18.7. The summed E-state index contributed by atoms with van der Waals surface area (Å²) in [4.78, 5) is 13.7. The molecule has 0 unspecified atom stereocenters. The van der Waals surface area contributed by atoms with Crippen LogP contribution < -0.4 is 20.3 Å². The number of rotatable bonds is 11. The number of anilines is 2. The van der Waals surface area contributed by atoms with Crippen LogP contribution in [0.4, 0.5) is 11.4 Å². The summed E-state index contributed by atoms with van der Waals surface area (Å²) in [5, 5.41) is 21.2. The molecule has 4 rings (SSSR count). The van der Waals surface area contributed by atoms with Crippen LogP contribution in [0.3, 0.4) is 0 Å². The molecule has 1 saturated heterocycles. The highest BCUT2D eigenvalue weighted by molar-refractivity contribution is 8.25. The van der Waals surface area contributed by atoms with Gasteiger partial charge in [0.25, 0.3) is 5.91 Å². The van der Waals surface area contributed by atoms with E-state index in [1.54, 1.807) is 16.4 Å². The molecule has 0 bridgehead atoms. The van der Waals surface area contributed by atoms with Crippen molar-refractivity contribution in [2.24, 2.45) is 0 Å². The average molecular weight is 559 g/mol. The Kier molecular flexibility index (Phi) is 10.5. The lowest BCUT2D eigenvalue weighted by Crippen LogP contribution is -2.50. The highest BCUT2D eigenvalue weighted by atomic mass is 32.3. The number of hydrogen-bond donors (Lipinski definition) is 6. The third-order valence-electron chi connectivity index (χ3n) is 7.61. The van der Waals surface area contributed by atoms with Crippen molar-refractivity contribution < 1.29 is 19.0 Å². The Balaban J connectivity index is 1.55. The summed E-state index contributed by atoms with van der Waals surface area (Å²) in [7, 11) is -2.93. The SMILES string of the molecule is CC(C)Nc1cc(C(=O)N[C@@H](Cc2ccccc2)[C@H](O)CNC2CCCCC2)cc(N2CCCCS2(O)O)c1. The minimum atomic E-state index is -2.93. The van der Waals surface area contributed by atoms with E-state index in [9.17, 15) is 19.0 Å². The van der Waals surface area contributed by atoms with Crippen LogP contribution in [0.15, 0.2) is 48.5 Å². The van der Waals surface area contributed by atoms with E-state index in [-0.39, 0.29) is 11.9 Å². The van der Waals surface area contributed by atoms with Gasteiger partial charge < -0.3 is 21.1 Å².